The third kappa shape index (κ3) is 5.07. The molecule has 4 rings (SSSR count). The van der Waals surface area contributed by atoms with E-state index in [4.69, 9.17) is 13.9 Å². The largest absolute Gasteiger partial charge is 0.490 e. The number of unbranched alkanes of at least 4 members (excludes halogenated alkanes) is 1. The summed E-state index contributed by atoms with van der Waals surface area (Å²) in [6.45, 7) is 6.57. The lowest BCUT2D eigenvalue weighted by atomic mass is 10.1. The SMILES string of the molecule is CCCCc1ccc2c(c1)sc(=NC(=O)c1cc3cccc(OCC)c3o1)n2CC(=O)OCC. The Morgan fingerprint density at radius 3 is 2.71 bits per heavy atom. The Morgan fingerprint density at radius 1 is 1.09 bits per heavy atom. The number of ether oxygens (including phenoxy) is 2. The number of nitrogens with zero attached hydrogens (tertiary/aromatic N) is 2. The topological polar surface area (TPSA) is 83.0 Å². The Bertz CT molecular complexity index is 1400. The van der Waals surface area contributed by atoms with Crippen LogP contribution in [-0.4, -0.2) is 29.7 Å². The van der Waals surface area contributed by atoms with E-state index in [9.17, 15) is 9.59 Å². The van der Waals surface area contributed by atoms with E-state index in [1.165, 1.54) is 16.9 Å². The molecule has 0 saturated heterocycles. The molecule has 0 radical (unpaired) electrons. The summed E-state index contributed by atoms with van der Waals surface area (Å²) in [5.74, 6) is -0.200. The van der Waals surface area contributed by atoms with Crippen LogP contribution in [0.2, 0.25) is 0 Å². The number of thiazole rings is 1. The van der Waals surface area contributed by atoms with E-state index in [0.29, 0.717) is 22.7 Å². The van der Waals surface area contributed by atoms with Crippen molar-refractivity contribution < 1.29 is 23.5 Å². The first-order valence-electron chi connectivity index (χ1n) is 11.6. The van der Waals surface area contributed by atoms with Crippen molar-refractivity contribution in [2.24, 2.45) is 4.99 Å². The van der Waals surface area contributed by atoms with Crippen molar-refractivity contribution >= 4 is 44.4 Å². The highest BCUT2D eigenvalue weighted by molar-refractivity contribution is 7.16. The molecule has 1 amide bonds. The fourth-order valence-electron chi connectivity index (χ4n) is 3.78. The molecular formula is C26H28N2O5S. The van der Waals surface area contributed by atoms with Crippen LogP contribution in [0.4, 0.5) is 0 Å². The summed E-state index contributed by atoms with van der Waals surface area (Å²) in [4.78, 5) is 30.1. The second kappa shape index (κ2) is 10.7. The van der Waals surface area contributed by atoms with Crippen LogP contribution < -0.4 is 9.54 Å². The van der Waals surface area contributed by atoms with E-state index in [-0.39, 0.29) is 24.9 Å². The first kappa shape index (κ1) is 23.8. The predicted molar refractivity (Wildman–Crippen MR) is 132 cm³/mol. The van der Waals surface area contributed by atoms with E-state index in [1.807, 2.05) is 25.1 Å². The van der Waals surface area contributed by atoms with Gasteiger partial charge in [0.15, 0.2) is 21.9 Å². The first-order valence-corrected chi connectivity index (χ1v) is 12.4. The van der Waals surface area contributed by atoms with Crippen molar-refractivity contribution in [3.63, 3.8) is 0 Å². The van der Waals surface area contributed by atoms with Crippen molar-refractivity contribution in [1.29, 1.82) is 0 Å². The van der Waals surface area contributed by atoms with Gasteiger partial charge in [-0.15, -0.1) is 0 Å². The molecule has 0 fully saturated rings. The van der Waals surface area contributed by atoms with Crippen molar-refractivity contribution in [3.8, 4) is 5.75 Å². The molecule has 0 spiro atoms. The molecule has 4 aromatic rings. The van der Waals surface area contributed by atoms with Crippen LogP contribution in [0.15, 0.2) is 51.9 Å². The Labute approximate surface area is 201 Å². The van der Waals surface area contributed by atoms with Gasteiger partial charge >= 0.3 is 11.9 Å². The number of amides is 1. The molecule has 178 valence electrons. The quantitative estimate of drug-likeness (QED) is 0.296. The second-order valence-electron chi connectivity index (χ2n) is 7.82. The lowest BCUT2D eigenvalue weighted by Crippen LogP contribution is -2.23. The summed E-state index contributed by atoms with van der Waals surface area (Å²) in [6, 6.07) is 13.3. The maximum atomic E-state index is 13.1. The first-order chi connectivity index (χ1) is 16.5. The number of esters is 1. The number of para-hydroxylation sites is 1. The number of benzene rings is 2. The minimum atomic E-state index is -0.519. The van der Waals surface area contributed by atoms with Crippen LogP contribution in [-0.2, 0) is 22.5 Å². The molecule has 0 atom stereocenters. The molecule has 0 aliphatic heterocycles. The van der Waals surface area contributed by atoms with E-state index < -0.39 is 5.91 Å². The van der Waals surface area contributed by atoms with E-state index in [0.717, 1.165) is 34.9 Å². The van der Waals surface area contributed by atoms with Crippen molar-refractivity contribution in [3.05, 3.63) is 58.6 Å². The Balaban J connectivity index is 1.77. The lowest BCUT2D eigenvalue weighted by Gasteiger charge is -2.06. The summed E-state index contributed by atoms with van der Waals surface area (Å²) in [5, 5.41) is 0.765. The maximum absolute atomic E-state index is 13.1. The zero-order valence-electron chi connectivity index (χ0n) is 19.6. The number of carbonyl (C=O) groups excluding carboxylic acids is 2. The molecule has 0 unspecified atom stereocenters. The van der Waals surface area contributed by atoms with Gasteiger partial charge in [0.25, 0.3) is 0 Å². The standard InChI is InChI=1S/C26H28N2O5S/c1-4-7-9-17-12-13-19-22(14-17)34-26(28(19)16-23(29)32-6-3)27-25(30)21-15-18-10-8-11-20(31-5-2)24(18)33-21/h8,10-15H,4-7,9,16H2,1-3H3. The molecule has 0 bridgehead atoms. The van der Waals surface area contributed by atoms with Gasteiger partial charge in [-0.1, -0.05) is 42.9 Å². The second-order valence-corrected chi connectivity index (χ2v) is 8.83. The number of fused-ring (bicyclic) bond motifs is 2. The summed E-state index contributed by atoms with van der Waals surface area (Å²) >= 11 is 1.37. The summed E-state index contributed by atoms with van der Waals surface area (Å²) in [7, 11) is 0. The molecule has 2 aromatic carbocycles. The normalized spacial score (nSPS) is 11.9. The summed E-state index contributed by atoms with van der Waals surface area (Å²) < 4.78 is 19.3. The smallest absolute Gasteiger partial charge is 0.326 e. The molecule has 0 N–H and O–H groups in total. The molecule has 34 heavy (non-hydrogen) atoms. The number of hydrogen-bond donors (Lipinski definition) is 0. The number of furan rings is 1. The third-order valence-corrected chi connectivity index (χ3v) is 6.42. The fraction of sp³-hybridized carbons (Fsp3) is 0.346. The van der Waals surface area contributed by atoms with Crippen LogP contribution in [0, 0.1) is 0 Å². The van der Waals surface area contributed by atoms with Gasteiger partial charge in [-0.3, -0.25) is 9.59 Å². The minimum Gasteiger partial charge on any atom is -0.490 e. The van der Waals surface area contributed by atoms with Gasteiger partial charge in [0.1, 0.15) is 6.54 Å². The third-order valence-electron chi connectivity index (χ3n) is 5.37. The van der Waals surface area contributed by atoms with Crippen molar-refractivity contribution in [1.82, 2.24) is 4.57 Å². The van der Waals surface area contributed by atoms with Gasteiger partial charge in [0.05, 0.1) is 23.4 Å². The van der Waals surface area contributed by atoms with E-state index in [2.05, 4.69) is 24.0 Å². The molecule has 0 saturated carbocycles. The predicted octanol–water partition coefficient (Wildman–Crippen LogP) is 5.49. The fourth-order valence-corrected chi connectivity index (χ4v) is 4.87. The van der Waals surface area contributed by atoms with Gasteiger partial charge in [0.2, 0.25) is 0 Å². The number of aryl methyl sites for hydroxylation is 1. The Kier molecular flexibility index (Phi) is 7.47. The van der Waals surface area contributed by atoms with E-state index >= 15 is 0 Å². The summed E-state index contributed by atoms with van der Waals surface area (Å²) in [6.07, 6.45) is 3.20. The molecule has 0 aliphatic carbocycles. The van der Waals surface area contributed by atoms with Crippen LogP contribution in [0.5, 0.6) is 5.75 Å². The zero-order chi connectivity index (χ0) is 24.1. The van der Waals surface area contributed by atoms with Crippen LogP contribution in [0.1, 0.15) is 49.7 Å². The minimum absolute atomic E-state index is 0.0249. The van der Waals surface area contributed by atoms with Crippen molar-refractivity contribution in [2.75, 3.05) is 13.2 Å². The average molecular weight is 481 g/mol. The van der Waals surface area contributed by atoms with Gasteiger partial charge in [-0.2, -0.15) is 4.99 Å². The average Bonchev–Trinajstić information content (AvgIpc) is 3.40. The molecular weight excluding hydrogens is 452 g/mol. The Morgan fingerprint density at radius 2 is 1.94 bits per heavy atom. The zero-order valence-corrected chi connectivity index (χ0v) is 20.4. The summed E-state index contributed by atoms with van der Waals surface area (Å²) in [5.41, 5.74) is 2.57. The van der Waals surface area contributed by atoms with Crippen LogP contribution in [0.25, 0.3) is 21.2 Å². The molecule has 2 heterocycles. The van der Waals surface area contributed by atoms with Gasteiger partial charge in [-0.05, 0) is 56.5 Å². The monoisotopic (exact) mass is 480 g/mol. The highest BCUT2D eigenvalue weighted by atomic mass is 32.1. The number of carbonyl (C=O) groups is 2. The highest BCUT2D eigenvalue weighted by Crippen LogP contribution is 2.29. The number of rotatable bonds is 9. The highest BCUT2D eigenvalue weighted by Gasteiger charge is 2.17. The molecule has 7 nitrogen and oxygen atoms in total. The molecule has 8 heteroatoms. The van der Waals surface area contributed by atoms with E-state index in [1.54, 1.807) is 23.6 Å². The van der Waals surface area contributed by atoms with Gasteiger partial charge in [0, 0.05) is 5.39 Å². The van der Waals surface area contributed by atoms with Crippen molar-refractivity contribution in [2.45, 2.75) is 46.6 Å². The Hall–Kier alpha value is -3.39. The van der Waals surface area contributed by atoms with Gasteiger partial charge < -0.3 is 18.5 Å². The lowest BCUT2D eigenvalue weighted by molar-refractivity contribution is -0.143. The molecule has 0 aliphatic rings. The van der Waals surface area contributed by atoms with Crippen LogP contribution in [0.3, 0.4) is 0 Å². The number of hydrogen-bond acceptors (Lipinski definition) is 6. The maximum Gasteiger partial charge on any atom is 0.326 e. The number of aromatic nitrogens is 1. The van der Waals surface area contributed by atoms with Crippen LogP contribution >= 0.6 is 11.3 Å². The van der Waals surface area contributed by atoms with Gasteiger partial charge in [-0.25, -0.2) is 0 Å². The molecule has 2 aromatic heterocycles.